The first-order valence-electron chi connectivity index (χ1n) is 10.0. The number of amides is 1. The second-order valence-electron chi connectivity index (χ2n) is 7.33. The van der Waals surface area contributed by atoms with Crippen LogP contribution in [0.3, 0.4) is 0 Å². The molecule has 0 fully saturated rings. The van der Waals surface area contributed by atoms with Gasteiger partial charge in [-0.1, -0.05) is 53.5 Å². The average Bonchev–Trinajstić information content (AvgIpc) is 2.79. The highest BCUT2D eigenvalue weighted by Gasteiger charge is 2.16. The molecule has 166 valence electrons. The summed E-state index contributed by atoms with van der Waals surface area (Å²) in [5, 5.41) is 3.95. The van der Waals surface area contributed by atoms with Crippen molar-refractivity contribution in [2.24, 2.45) is 0 Å². The Hall–Kier alpha value is -2.34. The Morgan fingerprint density at radius 1 is 1.03 bits per heavy atom. The average molecular weight is 535 g/mol. The lowest BCUT2D eigenvalue weighted by atomic mass is 10.0. The van der Waals surface area contributed by atoms with Crippen molar-refractivity contribution in [3.05, 3.63) is 91.4 Å². The van der Waals surface area contributed by atoms with Crippen LogP contribution in [-0.4, -0.2) is 18.3 Å². The molecule has 3 aromatic carbocycles. The second-order valence-corrected chi connectivity index (χ2v) is 8.94. The fraction of sp³-hybridized carbons (Fsp3) is 0.200. The molecule has 7 heteroatoms. The van der Waals surface area contributed by atoms with E-state index in [9.17, 15) is 9.59 Å². The largest absolute Gasteiger partial charge is 0.492 e. The van der Waals surface area contributed by atoms with Gasteiger partial charge in [0.1, 0.15) is 5.75 Å². The van der Waals surface area contributed by atoms with Crippen LogP contribution in [0.2, 0.25) is 10.0 Å². The number of ether oxygens (including phenoxy) is 1. The molecule has 0 atom stereocenters. The van der Waals surface area contributed by atoms with Gasteiger partial charge in [0.15, 0.2) is 5.78 Å². The van der Waals surface area contributed by atoms with E-state index in [-0.39, 0.29) is 18.1 Å². The van der Waals surface area contributed by atoms with Crippen molar-refractivity contribution in [1.29, 1.82) is 0 Å². The van der Waals surface area contributed by atoms with Gasteiger partial charge in [-0.2, -0.15) is 0 Å². The quantitative estimate of drug-likeness (QED) is 0.242. The third-order valence-electron chi connectivity index (χ3n) is 4.91. The Balaban J connectivity index is 1.61. The van der Waals surface area contributed by atoms with Gasteiger partial charge in [-0.3, -0.25) is 9.59 Å². The molecule has 0 heterocycles. The molecule has 4 nitrogen and oxygen atoms in total. The number of halogens is 3. The Morgan fingerprint density at radius 3 is 2.47 bits per heavy atom. The number of ketones is 1. The summed E-state index contributed by atoms with van der Waals surface area (Å²) in [6, 6.07) is 15.6. The summed E-state index contributed by atoms with van der Waals surface area (Å²) in [4.78, 5) is 25.4. The number of carbonyl (C=O) groups is 2. The van der Waals surface area contributed by atoms with E-state index in [4.69, 9.17) is 27.9 Å². The van der Waals surface area contributed by atoms with Crippen molar-refractivity contribution in [3.63, 3.8) is 0 Å². The maximum Gasteiger partial charge on any atom is 0.224 e. The van der Waals surface area contributed by atoms with Gasteiger partial charge in [-0.15, -0.1) is 0 Å². The van der Waals surface area contributed by atoms with Gasteiger partial charge in [-0.05, 0) is 71.6 Å². The van der Waals surface area contributed by atoms with Crippen molar-refractivity contribution in [2.75, 3.05) is 11.9 Å². The fourth-order valence-electron chi connectivity index (χ4n) is 3.19. The van der Waals surface area contributed by atoms with Gasteiger partial charge in [0.25, 0.3) is 0 Å². The summed E-state index contributed by atoms with van der Waals surface area (Å²) < 4.78 is 6.64. The van der Waals surface area contributed by atoms with E-state index in [0.29, 0.717) is 45.6 Å². The highest BCUT2D eigenvalue weighted by Crippen LogP contribution is 2.35. The molecule has 0 bridgehead atoms. The minimum absolute atomic E-state index is 0.204. The van der Waals surface area contributed by atoms with E-state index in [2.05, 4.69) is 21.2 Å². The zero-order chi connectivity index (χ0) is 23.3. The minimum atomic E-state index is -0.208. The number of hydrogen-bond donors (Lipinski definition) is 1. The Labute approximate surface area is 206 Å². The maximum atomic E-state index is 12.9. The molecule has 1 N–H and O–H groups in total. The van der Waals surface area contributed by atoms with Crippen LogP contribution in [0.15, 0.2) is 59.1 Å². The standard InChI is InChI=1S/C25H22BrCl2NO3/c1-15-13-21(23(26)16(2)24(15)28)32-12-6-9-22(30)29-20-11-10-18(27)14-19(20)25(31)17-7-4-3-5-8-17/h3-5,7-8,10-11,13-14H,6,9,12H2,1-2H3,(H,29,30). The molecule has 3 rings (SSSR count). The third-order valence-corrected chi connectivity index (χ3v) is 6.71. The first-order valence-corrected chi connectivity index (χ1v) is 11.6. The number of aryl methyl sites for hydroxylation is 1. The number of carbonyl (C=O) groups excluding carboxylic acids is 2. The molecule has 0 radical (unpaired) electrons. The van der Waals surface area contributed by atoms with Crippen LogP contribution < -0.4 is 10.1 Å². The van der Waals surface area contributed by atoms with Gasteiger partial charge in [0.2, 0.25) is 5.91 Å². The van der Waals surface area contributed by atoms with E-state index in [1.807, 2.05) is 26.0 Å². The van der Waals surface area contributed by atoms with E-state index in [1.165, 1.54) is 0 Å². The molecule has 0 saturated carbocycles. The van der Waals surface area contributed by atoms with Gasteiger partial charge in [0.05, 0.1) is 16.8 Å². The van der Waals surface area contributed by atoms with Crippen LogP contribution in [0, 0.1) is 13.8 Å². The zero-order valence-corrected chi connectivity index (χ0v) is 20.8. The first-order chi connectivity index (χ1) is 15.3. The number of benzene rings is 3. The van der Waals surface area contributed by atoms with Crippen molar-refractivity contribution < 1.29 is 14.3 Å². The predicted octanol–water partition coefficient (Wildman–Crippen LogP) is 7.40. The lowest BCUT2D eigenvalue weighted by molar-refractivity contribution is -0.116. The number of nitrogens with one attached hydrogen (secondary N) is 1. The normalized spacial score (nSPS) is 10.7. The van der Waals surface area contributed by atoms with Crippen LogP contribution in [0.5, 0.6) is 5.75 Å². The van der Waals surface area contributed by atoms with Crippen LogP contribution in [-0.2, 0) is 4.79 Å². The Bertz CT molecular complexity index is 1150. The lowest BCUT2D eigenvalue weighted by Gasteiger charge is -2.14. The molecule has 0 aromatic heterocycles. The van der Waals surface area contributed by atoms with Crippen LogP contribution >= 0.6 is 39.1 Å². The van der Waals surface area contributed by atoms with Crippen molar-refractivity contribution in [1.82, 2.24) is 0 Å². The Morgan fingerprint density at radius 2 is 1.75 bits per heavy atom. The molecule has 0 spiro atoms. The van der Waals surface area contributed by atoms with Crippen LogP contribution in [0.25, 0.3) is 0 Å². The fourth-order valence-corrected chi connectivity index (χ4v) is 4.05. The highest BCUT2D eigenvalue weighted by molar-refractivity contribution is 9.10. The summed E-state index contributed by atoms with van der Waals surface area (Å²) in [6.07, 6.45) is 0.749. The lowest BCUT2D eigenvalue weighted by Crippen LogP contribution is -2.16. The molecular formula is C25H22BrCl2NO3. The smallest absolute Gasteiger partial charge is 0.224 e. The van der Waals surface area contributed by atoms with Crippen molar-refractivity contribution in [2.45, 2.75) is 26.7 Å². The summed E-state index contributed by atoms with van der Waals surface area (Å²) in [5.74, 6) is 0.281. The Kier molecular flexibility index (Phi) is 8.35. The molecule has 0 aliphatic heterocycles. The van der Waals surface area contributed by atoms with Crippen molar-refractivity contribution >= 4 is 56.5 Å². The van der Waals surface area contributed by atoms with Crippen LogP contribution in [0.4, 0.5) is 5.69 Å². The number of hydrogen-bond acceptors (Lipinski definition) is 3. The SMILES string of the molecule is Cc1cc(OCCCC(=O)Nc2ccc(Cl)cc2C(=O)c2ccccc2)c(Br)c(C)c1Cl. The maximum absolute atomic E-state index is 12.9. The highest BCUT2D eigenvalue weighted by atomic mass is 79.9. The summed E-state index contributed by atoms with van der Waals surface area (Å²) in [5.41, 5.74) is 3.15. The summed E-state index contributed by atoms with van der Waals surface area (Å²) >= 11 is 15.9. The molecule has 32 heavy (non-hydrogen) atoms. The molecule has 1 amide bonds. The number of rotatable bonds is 8. The van der Waals surface area contributed by atoms with E-state index < -0.39 is 0 Å². The zero-order valence-electron chi connectivity index (χ0n) is 17.7. The third kappa shape index (κ3) is 5.91. The van der Waals surface area contributed by atoms with E-state index in [1.54, 1.807) is 42.5 Å². The van der Waals surface area contributed by atoms with Gasteiger partial charge in [0, 0.05) is 27.6 Å². The molecule has 0 aliphatic rings. The molecule has 3 aromatic rings. The van der Waals surface area contributed by atoms with Gasteiger partial charge < -0.3 is 10.1 Å². The predicted molar refractivity (Wildman–Crippen MR) is 133 cm³/mol. The molecular weight excluding hydrogens is 513 g/mol. The minimum Gasteiger partial charge on any atom is -0.492 e. The van der Waals surface area contributed by atoms with Crippen LogP contribution in [0.1, 0.15) is 39.9 Å². The topological polar surface area (TPSA) is 55.4 Å². The van der Waals surface area contributed by atoms with E-state index >= 15 is 0 Å². The first kappa shape index (κ1) is 24.3. The monoisotopic (exact) mass is 533 g/mol. The van der Waals surface area contributed by atoms with Crippen molar-refractivity contribution in [3.8, 4) is 5.75 Å². The van der Waals surface area contributed by atoms with Gasteiger partial charge in [-0.25, -0.2) is 0 Å². The molecule has 0 saturated heterocycles. The number of anilines is 1. The molecule has 0 unspecified atom stereocenters. The summed E-state index contributed by atoms with van der Waals surface area (Å²) in [7, 11) is 0. The summed E-state index contributed by atoms with van der Waals surface area (Å²) in [6.45, 7) is 4.20. The molecule has 0 aliphatic carbocycles. The van der Waals surface area contributed by atoms with E-state index in [0.717, 1.165) is 15.6 Å². The second kappa shape index (κ2) is 11.0. The van der Waals surface area contributed by atoms with Gasteiger partial charge >= 0.3 is 0 Å².